The highest BCUT2D eigenvalue weighted by Gasteiger charge is 2.05. The topological polar surface area (TPSA) is 119 Å². The molecule has 7 nitrogen and oxygen atoms in total. The number of primary amides is 1. The zero-order chi connectivity index (χ0) is 14.3. The van der Waals surface area contributed by atoms with Crippen LogP contribution in [-0.4, -0.2) is 36.1 Å². The molecular weight excluding hydrogens is 252 g/mol. The van der Waals surface area contributed by atoms with Gasteiger partial charge in [-0.2, -0.15) is 0 Å². The van der Waals surface area contributed by atoms with E-state index in [0.29, 0.717) is 5.69 Å². The maximum absolute atomic E-state index is 11.4. The van der Waals surface area contributed by atoms with Crippen LogP contribution in [0.4, 0.5) is 5.69 Å². The predicted molar refractivity (Wildman–Crippen MR) is 66.4 cm³/mol. The second kappa shape index (κ2) is 7.12. The molecule has 0 radical (unpaired) electrons. The van der Waals surface area contributed by atoms with Crippen LogP contribution in [0.5, 0.6) is 0 Å². The second-order valence-corrected chi connectivity index (χ2v) is 3.77. The molecule has 19 heavy (non-hydrogen) atoms. The molecule has 0 saturated carbocycles. The van der Waals surface area contributed by atoms with Crippen LogP contribution in [-0.2, 0) is 25.5 Å². The third-order valence-corrected chi connectivity index (χ3v) is 2.07. The summed E-state index contributed by atoms with van der Waals surface area (Å²) in [5, 5.41) is 10.8. The van der Waals surface area contributed by atoms with E-state index in [1.807, 2.05) is 0 Å². The molecule has 1 rings (SSSR count). The number of aliphatic carboxylic acids is 1. The first-order valence-electron chi connectivity index (χ1n) is 5.44. The highest BCUT2D eigenvalue weighted by molar-refractivity contribution is 5.91. The van der Waals surface area contributed by atoms with Gasteiger partial charge >= 0.3 is 5.97 Å². The molecule has 7 heteroatoms. The Morgan fingerprint density at radius 3 is 2.32 bits per heavy atom. The fourth-order valence-electron chi connectivity index (χ4n) is 1.34. The minimum atomic E-state index is -1.14. The summed E-state index contributed by atoms with van der Waals surface area (Å²) in [6.45, 7) is -0.861. The van der Waals surface area contributed by atoms with Crippen LogP contribution in [0, 0.1) is 0 Å². The molecule has 0 aliphatic heterocycles. The summed E-state index contributed by atoms with van der Waals surface area (Å²) in [5.74, 6) is -2.02. The van der Waals surface area contributed by atoms with Crippen molar-refractivity contribution in [1.29, 1.82) is 0 Å². The van der Waals surface area contributed by atoms with Gasteiger partial charge in [-0.05, 0) is 17.7 Å². The summed E-state index contributed by atoms with van der Waals surface area (Å²) >= 11 is 0. The minimum Gasteiger partial charge on any atom is -0.480 e. The van der Waals surface area contributed by atoms with Gasteiger partial charge in [-0.3, -0.25) is 9.59 Å². The summed E-state index contributed by atoms with van der Waals surface area (Å²) in [6.07, 6.45) is 0.135. The van der Waals surface area contributed by atoms with Gasteiger partial charge in [0.2, 0.25) is 11.8 Å². The minimum absolute atomic E-state index is 0.135. The molecule has 2 amide bonds. The van der Waals surface area contributed by atoms with E-state index in [9.17, 15) is 14.4 Å². The normalized spacial score (nSPS) is 9.89. The van der Waals surface area contributed by atoms with Gasteiger partial charge in [0, 0.05) is 5.69 Å². The highest BCUT2D eigenvalue weighted by atomic mass is 16.5. The lowest BCUT2D eigenvalue weighted by molar-refractivity contribution is -0.143. The summed E-state index contributed by atoms with van der Waals surface area (Å²) in [7, 11) is 0. The van der Waals surface area contributed by atoms with Crippen molar-refractivity contribution in [2.24, 2.45) is 5.73 Å². The van der Waals surface area contributed by atoms with Gasteiger partial charge in [-0.15, -0.1) is 0 Å². The zero-order valence-electron chi connectivity index (χ0n) is 10.1. The molecule has 0 aliphatic carbocycles. The van der Waals surface area contributed by atoms with Gasteiger partial charge < -0.3 is 20.9 Å². The molecular formula is C12H14N2O5. The van der Waals surface area contributed by atoms with Crippen molar-refractivity contribution in [3.63, 3.8) is 0 Å². The number of carboxylic acid groups (broad SMARTS) is 1. The first kappa shape index (κ1) is 14.7. The van der Waals surface area contributed by atoms with Crippen LogP contribution < -0.4 is 11.1 Å². The van der Waals surface area contributed by atoms with Crippen molar-refractivity contribution in [1.82, 2.24) is 0 Å². The van der Waals surface area contributed by atoms with Crippen LogP contribution in [0.15, 0.2) is 24.3 Å². The van der Waals surface area contributed by atoms with Crippen molar-refractivity contribution in [2.75, 3.05) is 18.5 Å². The van der Waals surface area contributed by atoms with E-state index in [0.717, 1.165) is 5.56 Å². The third-order valence-electron chi connectivity index (χ3n) is 2.07. The van der Waals surface area contributed by atoms with Gasteiger partial charge in [0.1, 0.15) is 13.2 Å². The number of hydrogen-bond donors (Lipinski definition) is 3. The molecule has 102 valence electrons. The van der Waals surface area contributed by atoms with Gasteiger partial charge in [0.05, 0.1) is 6.42 Å². The Balaban J connectivity index is 2.42. The fraction of sp³-hybridized carbons (Fsp3) is 0.250. The Kier molecular flexibility index (Phi) is 5.49. The fourth-order valence-corrected chi connectivity index (χ4v) is 1.34. The van der Waals surface area contributed by atoms with E-state index in [1.54, 1.807) is 24.3 Å². The Labute approximate surface area is 109 Å². The molecule has 0 saturated heterocycles. The average Bonchev–Trinajstić information content (AvgIpc) is 2.30. The van der Waals surface area contributed by atoms with Gasteiger partial charge in [0.15, 0.2) is 0 Å². The molecule has 1 aromatic carbocycles. The Morgan fingerprint density at radius 2 is 1.79 bits per heavy atom. The lowest BCUT2D eigenvalue weighted by atomic mass is 10.1. The maximum Gasteiger partial charge on any atom is 0.329 e. The summed E-state index contributed by atoms with van der Waals surface area (Å²) in [5.41, 5.74) is 6.32. The molecule has 1 aromatic rings. The average molecular weight is 266 g/mol. The predicted octanol–water partition coefficient (Wildman–Crippen LogP) is -0.246. The van der Waals surface area contributed by atoms with Crippen molar-refractivity contribution in [3.05, 3.63) is 29.8 Å². The number of carboxylic acids is 1. The molecule has 0 aliphatic rings. The SMILES string of the molecule is NC(=O)Cc1ccc(NC(=O)COCC(=O)O)cc1. The number of carbonyl (C=O) groups excluding carboxylic acids is 2. The van der Waals surface area contributed by atoms with Gasteiger partial charge in [0.25, 0.3) is 0 Å². The van der Waals surface area contributed by atoms with Crippen molar-refractivity contribution in [3.8, 4) is 0 Å². The molecule has 0 spiro atoms. The largest absolute Gasteiger partial charge is 0.480 e. The van der Waals surface area contributed by atoms with E-state index < -0.39 is 24.4 Å². The molecule has 4 N–H and O–H groups in total. The zero-order valence-corrected chi connectivity index (χ0v) is 10.1. The van der Waals surface area contributed by atoms with Gasteiger partial charge in [-0.25, -0.2) is 4.79 Å². The number of nitrogens with two attached hydrogens (primary N) is 1. The second-order valence-electron chi connectivity index (χ2n) is 3.77. The monoisotopic (exact) mass is 266 g/mol. The lowest BCUT2D eigenvalue weighted by Crippen LogP contribution is -2.20. The number of amides is 2. The van der Waals surface area contributed by atoms with E-state index >= 15 is 0 Å². The first-order valence-corrected chi connectivity index (χ1v) is 5.44. The third kappa shape index (κ3) is 6.18. The number of ether oxygens (including phenoxy) is 1. The van der Waals surface area contributed by atoms with Crippen LogP contribution in [0.1, 0.15) is 5.56 Å². The van der Waals surface area contributed by atoms with Crippen LogP contribution >= 0.6 is 0 Å². The van der Waals surface area contributed by atoms with Gasteiger partial charge in [-0.1, -0.05) is 12.1 Å². The smallest absolute Gasteiger partial charge is 0.329 e. The number of nitrogens with one attached hydrogen (secondary N) is 1. The van der Waals surface area contributed by atoms with Crippen LogP contribution in [0.3, 0.4) is 0 Å². The highest BCUT2D eigenvalue weighted by Crippen LogP contribution is 2.09. The number of rotatable bonds is 7. The van der Waals surface area contributed by atoms with E-state index in [-0.39, 0.29) is 13.0 Å². The molecule has 0 atom stereocenters. The molecule has 0 aromatic heterocycles. The number of benzene rings is 1. The van der Waals surface area contributed by atoms with E-state index in [1.165, 1.54) is 0 Å². The maximum atomic E-state index is 11.4. The quantitative estimate of drug-likeness (QED) is 0.629. The molecule has 0 fully saturated rings. The summed E-state index contributed by atoms with van der Waals surface area (Å²) < 4.78 is 4.63. The Hall–Kier alpha value is -2.41. The number of hydrogen-bond acceptors (Lipinski definition) is 4. The first-order chi connectivity index (χ1) is 8.97. The number of anilines is 1. The summed E-state index contributed by atoms with van der Waals surface area (Å²) in [4.78, 5) is 32.2. The van der Waals surface area contributed by atoms with Crippen LogP contribution in [0.2, 0.25) is 0 Å². The molecule has 0 unspecified atom stereocenters. The van der Waals surface area contributed by atoms with E-state index in [4.69, 9.17) is 10.8 Å². The summed E-state index contributed by atoms with van der Waals surface area (Å²) in [6, 6.07) is 6.57. The van der Waals surface area contributed by atoms with Crippen LogP contribution in [0.25, 0.3) is 0 Å². The Bertz CT molecular complexity index is 470. The standard InChI is InChI=1S/C12H14N2O5/c13-10(15)5-8-1-3-9(4-2-8)14-11(16)6-19-7-12(17)18/h1-4H,5-7H2,(H2,13,15)(H,14,16)(H,17,18). The van der Waals surface area contributed by atoms with Crippen molar-refractivity contribution in [2.45, 2.75) is 6.42 Å². The Morgan fingerprint density at radius 1 is 1.16 bits per heavy atom. The number of carbonyl (C=O) groups is 3. The van der Waals surface area contributed by atoms with Crippen molar-refractivity contribution < 1.29 is 24.2 Å². The molecule has 0 bridgehead atoms. The van der Waals surface area contributed by atoms with E-state index in [2.05, 4.69) is 10.1 Å². The lowest BCUT2D eigenvalue weighted by Gasteiger charge is -2.06. The van der Waals surface area contributed by atoms with Crippen molar-refractivity contribution >= 4 is 23.5 Å². The molecule has 0 heterocycles.